The van der Waals surface area contributed by atoms with Gasteiger partial charge in [0, 0.05) is 31.0 Å². The third kappa shape index (κ3) is 3.48. The van der Waals surface area contributed by atoms with Crippen molar-refractivity contribution in [2.24, 2.45) is 0 Å². The second-order valence-corrected chi connectivity index (χ2v) is 5.75. The Balaban J connectivity index is 1.61. The molecule has 0 amide bonds. The molecule has 0 atom stereocenters. The summed E-state index contributed by atoms with van der Waals surface area (Å²) in [6.07, 6.45) is 2.57. The van der Waals surface area contributed by atoms with Gasteiger partial charge in [-0.25, -0.2) is 4.39 Å². The lowest BCUT2D eigenvalue weighted by Crippen LogP contribution is -2.17. The molecule has 1 aliphatic rings. The minimum atomic E-state index is -0.397. The zero-order valence-corrected chi connectivity index (χ0v) is 12.5. The molecular formula is C17H18ClFN2. The molecule has 1 N–H and O–H groups in total. The molecule has 0 spiro atoms. The van der Waals surface area contributed by atoms with Gasteiger partial charge >= 0.3 is 0 Å². The van der Waals surface area contributed by atoms with Crippen molar-refractivity contribution in [1.82, 2.24) is 0 Å². The second-order valence-electron chi connectivity index (χ2n) is 5.34. The molecule has 1 fully saturated rings. The highest BCUT2D eigenvalue weighted by molar-refractivity contribution is 6.30. The number of anilines is 2. The first-order valence-electron chi connectivity index (χ1n) is 7.25. The normalized spacial score (nSPS) is 14.5. The minimum Gasteiger partial charge on any atom is -0.381 e. The smallest absolute Gasteiger partial charge is 0.143 e. The maximum Gasteiger partial charge on any atom is 0.143 e. The molecule has 0 unspecified atom stereocenters. The SMILES string of the molecule is Fc1cc(NCc2ccc(N3CCCC3)cc2)ccc1Cl. The number of nitrogens with one attached hydrogen (secondary N) is 1. The topological polar surface area (TPSA) is 15.3 Å². The fourth-order valence-electron chi connectivity index (χ4n) is 2.61. The highest BCUT2D eigenvalue weighted by Gasteiger charge is 2.11. The Labute approximate surface area is 129 Å². The van der Waals surface area contributed by atoms with Gasteiger partial charge < -0.3 is 10.2 Å². The van der Waals surface area contributed by atoms with Crippen LogP contribution < -0.4 is 10.2 Å². The minimum absolute atomic E-state index is 0.149. The lowest BCUT2D eigenvalue weighted by molar-refractivity contribution is 0.628. The molecule has 21 heavy (non-hydrogen) atoms. The van der Waals surface area contributed by atoms with E-state index in [1.165, 1.54) is 30.2 Å². The summed E-state index contributed by atoms with van der Waals surface area (Å²) in [5, 5.41) is 3.35. The second kappa shape index (κ2) is 6.35. The average molecular weight is 305 g/mol. The number of halogens is 2. The summed E-state index contributed by atoms with van der Waals surface area (Å²) >= 11 is 5.67. The highest BCUT2D eigenvalue weighted by Crippen LogP contribution is 2.22. The zero-order valence-electron chi connectivity index (χ0n) is 11.8. The van der Waals surface area contributed by atoms with Gasteiger partial charge in [0.15, 0.2) is 0 Å². The maximum absolute atomic E-state index is 13.4. The largest absolute Gasteiger partial charge is 0.381 e. The van der Waals surface area contributed by atoms with Crippen molar-refractivity contribution in [3.63, 3.8) is 0 Å². The van der Waals surface area contributed by atoms with Crippen LogP contribution in [0.5, 0.6) is 0 Å². The van der Waals surface area contributed by atoms with E-state index in [1.54, 1.807) is 12.1 Å². The maximum atomic E-state index is 13.4. The predicted molar refractivity (Wildman–Crippen MR) is 86.6 cm³/mol. The lowest BCUT2D eigenvalue weighted by Gasteiger charge is -2.17. The summed E-state index contributed by atoms with van der Waals surface area (Å²) in [6.45, 7) is 2.98. The van der Waals surface area contributed by atoms with Gasteiger partial charge in [0.25, 0.3) is 0 Å². The number of nitrogens with zero attached hydrogens (tertiary/aromatic N) is 1. The molecule has 4 heteroatoms. The van der Waals surface area contributed by atoms with E-state index in [0.717, 1.165) is 18.8 Å². The summed E-state index contributed by atoms with van der Waals surface area (Å²) in [5.41, 5.74) is 3.20. The van der Waals surface area contributed by atoms with Crippen molar-refractivity contribution < 1.29 is 4.39 Å². The Morgan fingerprint density at radius 1 is 1.05 bits per heavy atom. The van der Waals surface area contributed by atoms with Crippen LogP contribution in [-0.2, 0) is 6.54 Å². The van der Waals surface area contributed by atoms with E-state index < -0.39 is 5.82 Å². The van der Waals surface area contributed by atoms with Crippen molar-refractivity contribution in [2.45, 2.75) is 19.4 Å². The van der Waals surface area contributed by atoms with Crippen LogP contribution >= 0.6 is 11.6 Å². The predicted octanol–water partition coefficient (Wildman–Crippen LogP) is 4.69. The van der Waals surface area contributed by atoms with Crippen molar-refractivity contribution in [1.29, 1.82) is 0 Å². The molecule has 110 valence electrons. The van der Waals surface area contributed by atoms with Gasteiger partial charge in [0.05, 0.1) is 5.02 Å². The number of hydrogen-bond donors (Lipinski definition) is 1. The number of hydrogen-bond acceptors (Lipinski definition) is 2. The Bertz CT molecular complexity index is 607. The monoisotopic (exact) mass is 304 g/mol. The average Bonchev–Trinajstić information content (AvgIpc) is 3.03. The first-order chi connectivity index (χ1) is 10.2. The van der Waals surface area contributed by atoms with Gasteiger partial charge in [0.2, 0.25) is 0 Å². The summed E-state index contributed by atoms with van der Waals surface area (Å²) in [7, 11) is 0. The van der Waals surface area contributed by atoms with E-state index in [0.29, 0.717) is 6.54 Å². The van der Waals surface area contributed by atoms with Crippen molar-refractivity contribution in [3.8, 4) is 0 Å². The van der Waals surface area contributed by atoms with Crippen molar-refractivity contribution in [2.75, 3.05) is 23.3 Å². The van der Waals surface area contributed by atoms with Crippen molar-refractivity contribution in [3.05, 3.63) is 58.9 Å². The number of benzene rings is 2. The van der Waals surface area contributed by atoms with Gasteiger partial charge in [0.1, 0.15) is 5.82 Å². The molecule has 1 aliphatic heterocycles. The van der Waals surface area contributed by atoms with Gasteiger partial charge in [-0.15, -0.1) is 0 Å². The summed E-state index contributed by atoms with van der Waals surface area (Å²) in [4.78, 5) is 2.41. The molecule has 0 saturated carbocycles. The zero-order chi connectivity index (χ0) is 14.7. The molecule has 0 bridgehead atoms. The van der Waals surface area contributed by atoms with Gasteiger partial charge in [-0.05, 0) is 48.7 Å². The van der Waals surface area contributed by atoms with Crippen molar-refractivity contribution >= 4 is 23.0 Å². The van der Waals surface area contributed by atoms with E-state index >= 15 is 0 Å². The highest BCUT2D eigenvalue weighted by atomic mass is 35.5. The number of rotatable bonds is 4. The molecule has 2 nitrogen and oxygen atoms in total. The molecule has 1 saturated heterocycles. The van der Waals surface area contributed by atoms with Gasteiger partial charge in [-0.3, -0.25) is 0 Å². The summed E-state index contributed by atoms with van der Waals surface area (Å²) in [6, 6.07) is 13.3. The Morgan fingerprint density at radius 2 is 1.76 bits per heavy atom. The fraction of sp³-hybridized carbons (Fsp3) is 0.294. The molecule has 1 heterocycles. The van der Waals surface area contributed by atoms with Crippen LogP contribution in [0.25, 0.3) is 0 Å². The third-order valence-corrected chi connectivity index (χ3v) is 4.13. The molecule has 2 aromatic rings. The van der Waals surface area contributed by atoms with E-state index in [4.69, 9.17) is 11.6 Å². The Kier molecular flexibility index (Phi) is 4.30. The van der Waals surface area contributed by atoms with Crippen LogP contribution in [0.15, 0.2) is 42.5 Å². The van der Waals surface area contributed by atoms with Gasteiger partial charge in [-0.1, -0.05) is 23.7 Å². The molecule has 2 aromatic carbocycles. The van der Waals surface area contributed by atoms with E-state index in [2.05, 4.69) is 34.5 Å². The van der Waals surface area contributed by atoms with Crippen LogP contribution in [-0.4, -0.2) is 13.1 Å². The van der Waals surface area contributed by atoms with E-state index in [1.807, 2.05) is 0 Å². The summed E-state index contributed by atoms with van der Waals surface area (Å²) in [5.74, 6) is -0.397. The standard InChI is InChI=1S/C17H18ClFN2/c18-16-8-5-14(11-17(16)19)20-12-13-3-6-15(7-4-13)21-9-1-2-10-21/h3-8,11,20H,1-2,9-10,12H2. The van der Waals surface area contributed by atoms with E-state index in [9.17, 15) is 4.39 Å². The molecule has 3 rings (SSSR count). The van der Waals surface area contributed by atoms with Crippen LogP contribution in [0.2, 0.25) is 5.02 Å². The molecular weight excluding hydrogens is 287 g/mol. The van der Waals surface area contributed by atoms with E-state index in [-0.39, 0.29) is 5.02 Å². The Hall–Kier alpha value is -1.74. The van der Waals surface area contributed by atoms with Gasteiger partial charge in [-0.2, -0.15) is 0 Å². The first kappa shape index (κ1) is 14.2. The third-order valence-electron chi connectivity index (χ3n) is 3.82. The quantitative estimate of drug-likeness (QED) is 0.881. The molecule has 0 radical (unpaired) electrons. The Morgan fingerprint density at radius 3 is 2.43 bits per heavy atom. The first-order valence-corrected chi connectivity index (χ1v) is 7.63. The van der Waals surface area contributed by atoms with Crippen LogP contribution in [0.4, 0.5) is 15.8 Å². The van der Waals surface area contributed by atoms with Crippen LogP contribution in [0.1, 0.15) is 18.4 Å². The molecule has 0 aromatic heterocycles. The molecule has 0 aliphatic carbocycles. The van der Waals surface area contributed by atoms with Crippen LogP contribution in [0.3, 0.4) is 0 Å². The van der Waals surface area contributed by atoms with Crippen LogP contribution in [0, 0.1) is 5.82 Å². The summed E-state index contributed by atoms with van der Waals surface area (Å²) < 4.78 is 13.4. The lowest BCUT2D eigenvalue weighted by atomic mass is 10.2. The fourth-order valence-corrected chi connectivity index (χ4v) is 2.73.